The number of hydrogen-bond acceptors (Lipinski definition) is 5. The Morgan fingerprint density at radius 3 is 2.62 bits per heavy atom. The first-order chi connectivity index (χ1) is 15.3. The van der Waals surface area contributed by atoms with E-state index in [2.05, 4.69) is 12.2 Å². The molecule has 0 radical (unpaired) electrons. The zero-order valence-corrected chi connectivity index (χ0v) is 19.0. The van der Waals surface area contributed by atoms with E-state index in [0.717, 1.165) is 35.4 Å². The van der Waals surface area contributed by atoms with Crippen molar-refractivity contribution in [2.24, 2.45) is 5.92 Å². The highest BCUT2D eigenvalue weighted by Gasteiger charge is 2.31. The Hall–Kier alpha value is -2.86. The quantitative estimate of drug-likeness (QED) is 0.448. The van der Waals surface area contributed by atoms with Gasteiger partial charge in [0, 0.05) is 6.04 Å². The molecule has 1 aromatic heterocycles. The van der Waals surface area contributed by atoms with E-state index in [1.165, 1.54) is 19.3 Å². The third-order valence-corrected chi connectivity index (χ3v) is 6.37. The molecule has 32 heavy (non-hydrogen) atoms. The van der Waals surface area contributed by atoms with Crippen LogP contribution in [0.15, 0.2) is 52.9 Å². The van der Waals surface area contributed by atoms with E-state index in [1.54, 1.807) is 19.9 Å². The molecule has 6 heteroatoms. The lowest BCUT2D eigenvalue weighted by Gasteiger charge is -2.31. The van der Waals surface area contributed by atoms with Gasteiger partial charge in [0.2, 0.25) is 5.89 Å². The van der Waals surface area contributed by atoms with E-state index in [0.29, 0.717) is 11.7 Å². The number of carboxylic acids is 1. The Morgan fingerprint density at radius 1 is 1.16 bits per heavy atom. The lowest BCUT2D eigenvalue weighted by Crippen LogP contribution is -2.38. The second-order valence-corrected chi connectivity index (χ2v) is 9.27. The van der Waals surface area contributed by atoms with E-state index in [4.69, 9.17) is 14.1 Å². The van der Waals surface area contributed by atoms with Crippen LogP contribution in [0.5, 0.6) is 5.75 Å². The molecule has 1 fully saturated rings. The predicted molar refractivity (Wildman–Crippen MR) is 124 cm³/mol. The Morgan fingerprint density at radius 2 is 1.91 bits per heavy atom. The molecule has 0 spiro atoms. The molecule has 2 N–H and O–H groups in total. The van der Waals surface area contributed by atoms with Crippen LogP contribution < -0.4 is 10.1 Å². The number of aromatic nitrogens is 1. The molecular weight excluding hydrogens is 404 g/mol. The summed E-state index contributed by atoms with van der Waals surface area (Å²) in [4.78, 5) is 16.2. The Bertz CT molecular complexity index is 1040. The van der Waals surface area contributed by atoms with E-state index in [-0.39, 0.29) is 12.1 Å². The van der Waals surface area contributed by atoms with Gasteiger partial charge in [0.1, 0.15) is 11.3 Å². The van der Waals surface area contributed by atoms with Gasteiger partial charge in [0.05, 0.1) is 6.04 Å². The summed E-state index contributed by atoms with van der Waals surface area (Å²) in [5.41, 5.74) is 1.42. The standard InChI is InChI=1S/C26H32N2O4/c1-17(19-12-9-13-20(16-19)32-26(2,3)25(29)30)27-23(18-10-5-4-6-11-18)24-28-21-14-7-8-15-22(21)31-24/h7-9,12-18,23,27H,4-6,10-11H2,1-3H3,(H,29,30). The molecule has 1 saturated carbocycles. The van der Waals surface area contributed by atoms with E-state index >= 15 is 0 Å². The monoisotopic (exact) mass is 436 g/mol. The zero-order valence-electron chi connectivity index (χ0n) is 19.0. The van der Waals surface area contributed by atoms with Crippen molar-refractivity contribution in [1.82, 2.24) is 10.3 Å². The van der Waals surface area contributed by atoms with E-state index in [9.17, 15) is 9.90 Å². The lowest BCUT2D eigenvalue weighted by molar-refractivity contribution is -0.152. The molecule has 3 aromatic rings. The lowest BCUT2D eigenvalue weighted by atomic mass is 9.83. The topological polar surface area (TPSA) is 84.6 Å². The van der Waals surface area contributed by atoms with Crippen molar-refractivity contribution < 1.29 is 19.1 Å². The third kappa shape index (κ3) is 4.96. The molecule has 1 heterocycles. The van der Waals surface area contributed by atoms with Gasteiger partial charge in [-0.1, -0.05) is 43.5 Å². The summed E-state index contributed by atoms with van der Waals surface area (Å²) in [6.45, 7) is 5.21. The van der Waals surface area contributed by atoms with Gasteiger partial charge in [-0.2, -0.15) is 0 Å². The number of carboxylic acid groups (broad SMARTS) is 1. The number of ether oxygens (including phenoxy) is 1. The predicted octanol–water partition coefficient (Wildman–Crippen LogP) is 6.04. The van der Waals surface area contributed by atoms with Gasteiger partial charge in [-0.3, -0.25) is 5.32 Å². The minimum absolute atomic E-state index is 0.00780. The van der Waals surface area contributed by atoms with Crippen molar-refractivity contribution in [2.45, 2.75) is 70.6 Å². The molecule has 4 rings (SSSR count). The van der Waals surface area contributed by atoms with Gasteiger partial charge in [-0.05, 0) is 69.4 Å². The average molecular weight is 437 g/mol. The summed E-state index contributed by atoms with van der Waals surface area (Å²) >= 11 is 0. The molecule has 0 bridgehead atoms. The van der Waals surface area contributed by atoms with E-state index < -0.39 is 11.6 Å². The number of rotatable bonds is 8. The number of benzene rings is 2. The second-order valence-electron chi connectivity index (χ2n) is 9.27. The van der Waals surface area contributed by atoms with Crippen LogP contribution in [-0.2, 0) is 4.79 Å². The number of nitrogens with one attached hydrogen (secondary N) is 1. The van der Waals surface area contributed by atoms with Crippen LogP contribution in [0, 0.1) is 5.92 Å². The summed E-state index contributed by atoms with van der Waals surface area (Å²) in [5, 5.41) is 13.1. The van der Waals surface area contributed by atoms with Gasteiger partial charge >= 0.3 is 5.97 Å². The molecule has 1 aliphatic carbocycles. The summed E-state index contributed by atoms with van der Waals surface area (Å²) in [6, 6.07) is 15.5. The van der Waals surface area contributed by atoms with Crippen molar-refractivity contribution in [3.63, 3.8) is 0 Å². The van der Waals surface area contributed by atoms with Crippen molar-refractivity contribution in [3.05, 3.63) is 60.0 Å². The minimum atomic E-state index is -1.29. The first-order valence-electron chi connectivity index (χ1n) is 11.5. The number of para-hydroxylation sites is 2. The fourth-order valence-corrected chi connectivity index (χ4v) is 4.45. The highest BCUT2D eigenvalue weighted by atomic mass is 16.5. The summed E-state index contributed by atoms with van der Waals surface area (Å²) < 4.78 is 11.9. The Labute approximate surface area is 189 Å². The molecule has 0 saturated heterocycles. The first kappa shape index (κ1) is 22.3. The largest absolute Gasteiger partial charge is 0.478 e. The maximum atomic E-state index is 11.4. The number of oxazole rings is 1. The van der Waals surface area contributed by atoms with Crippen molar-refractivity contribution >= 4 is 17.1 Å². The molecule has 6 nitrogen and oxygen atoms in total. The number of aliphatic carboxylic acids is 1. The molecule has 2 atom stereocenters. The highest BCUT2D eigenvalue weighted by Crippen LogP contribution is 2.37. The molecular formula is C26H32N2O4. The second kappa shape index (κ2) is 9.33. The summed E-state index contributed by atoms with van der Waals surface area (Å²) in [6.07, 6.45) is 6.04. The van der Waals surface area contributed by atoms with Crippen LogP contribution in [0.25, 0.3) is 11.1 Å². The zero-order chi connectivity index (χ0) is 22.7. The smallest absolute Gasteiger partial charge is 0.347 e. The van der Waals surface area contributed by atoms with Crippen LogP contribution in [0.2, 0.25) is 0 Å². The number of fused-ring (bicyclic) bond motifs is 1. The molecule has 2 unspecified atom stereocenters. The van der Waals surface area contributed by atoms with Gasteiger partial charge in [0.15, 0.2) is 11.2 Å². The van der Waals surface area contributed by atoms with Crippen LogP contribution in [0.3, 0.4) is 0 Å². The third-order valence-electron chi connectivity index (χ3n) is 6.37. The molecule has 170 valence electrons. The molecule has 1 aliphatic rings. The van der Waals surface area contributed by atoms with Gasteiger partial charge in [-0.25, -0.2) is 9.78 Å². The fourth-order valence-electron chi connectivity index (χ4n) is 4.45. The fraction of sp³-hybridized carbons (Fsp3) is 0.462. The van der Waals surface area contributed by atoms with Gasteiger partial charge < -0.3 is 14.3 Å². The maximum absolute atomic E-state index is 11.4. The molecule has 0 aliphatic heterocycles. The van der Waals surface area contributed by atoms with Crippen molar-refractivity contribution in [2.75, 3.05) is 0 Å². The normalized spacial score (nSPS) is 17.2. The summed E-state index contributed by atoms with van der Waals surface area (Å²) in [7, 11) is 0. The Balaban J connectivity index is 1.58. The van der Waals surface area contributed by atoms with Gasteiger partial charge in [-0.15, -0.1) is 0 Å². The van der Waals surface area contributed by atoms with E-state index in [1.807, 2.05) is 42.5 Å². The molecule has 0 amide bonds. The van der Waals surface area contributed by atoms with Crippen LogP contribution in [-0.4, -0.2) is 21.7 Å². The van der Waals surface area contributed by atoms with Crippen molar-refractivity contribution in [3.8, 4) is 5.75 Å². The van der Waals surface area contributed by atoms with Crippen molar-refractivity contribution in [1.29, 1.82) is 0 Å². The van der Waals surface area contributed by atoms with Gasteiger partial charge in [0.25, 0.3) is 0 Å². The first-order valence-corrected chi connectivity index (χ1v) is 11.5. The van der Waals surface area contributed by atoms with Crippen LogP contribution in [0.4, 0.5) is 0 Å². The van der Waals surface area contributed by atoms with Crippen LogP contribution >= 0.6 is 0 Å². The summed E-state index contributed by atoms with van der Waals surface area (Å²) in [5.74, 6) is 0.746. The minimum Gasteiger partial charge on any atom is -0.478 e. The average Bonchev–Trinajstić information content (AvgIpc) is 3.21. The number of nitrogens with zero attached hydrogens (tertiary/aromatic N) is 1. The molecule has 2 aromatic carbocycles. The Kier molecular flexibility index (Phi) is 6.51. The SMILES string of the molecule is CC(NC(c1nc2ccccc2o1)C1CCCCC1)c1cccc(OC(C)(C)C(=O)O)c1. The highest BCUT2D eigenvalue weighted by molar-refractivity contribution is 5.76. The van der Waals surface area contributed by atoms with Crippen LogP contribution in [0.1, 0.15) is 76.4 Å². The number of carbonyl (C=O) groups is 1. The number of hydrogen-bond donors (Lipinski definition) is 2. The maximum Gasteiger partial charge on any atom is 0.347 e.